The highest BCUT2D eigenvalue weighted by atomic mass is 35.5. The van der Waals surface area contributed by atoms with Crippen LogP contribution in [0.5, 0.6) is 5.75 Å². The van der Waals surface area contributed by atoms with Gasteiger partial charge in [-0.3, -0.25) is 4.79 Å². The Morgan fingerprint density at radius 1 is 1.38 bits per heavy atom. The number of aliphatic carboxylic acids is 1. The summed E-state index contributed by atoms with van der Waals surface area (Å²) in [5.74, 6) is -0.938. The van der Waals surface area contributed by atoms with Gasteiger partial charge in [0, 0.05) is 23.2 Å². The summed E-state index contributed by atoms with van der Waals surface area (Å²) in [7, 11) is 0. The molecule has 0 aromatic heterocycles. The number of carbonyl (C=O) groups excluding carboxylic acids is 1. The minimum absolute atomic E-state index is 0.126. The van der Waals surface area contributed by atoms with Crippen LogP contribution < -0.4 is 10.1 Å². The summed E-state index contributed by atoms with van der Waals surface area (Å²) >= 11 is 11.9. The van der Waals surface area contributed by atoms with E-state index in [9.17, 15) is 9.59 Å². The molecule has 0 unspecified atom stereocenters. The monoisotopic (exact) mass is 331 g/mol. The van der Waals surface area contributed by atoms with Crippen LogP contribution in [-0.2, 0) is 9.59 Å². The fourth-order valence-corrected chi connectivity index (χ4v) is 2.11. The van der Waals surface area contributed by atoms with Crippen LogP contribution in [0.3, 0.4) is 0 Å². The maximum absolute atomic E-state index is 11.3. The standard InChI is InChI=1S/C14H15Cl2NO4/c1-2-17-12(18)5-6-21-14-9(3-4-13(19)20)7-10(15)8-11(14)16/h3-4,7-8H,2,5-6H2,1H3,(H,17,18)(H,19,20). The lowest BCUT2D eigenvalue weighted by Gasteiger charge is -2.11. The van der Waals surface area contributed by atoms with E-state index in [1.54, 1.807) is 0 Å². The number of amides is 1. The van der Waals surface area contributed by atoms with Gasteiger partial charge in [0.2, 0.25) is 5.91 Å². The van der Waals surface area contributed by atoms with Gasteiger partial charge < -0.3 is 15.2 Å². The number of hydrogen-bond acceptors (Lipinski definition) is 3. The molecule has 0 fully saturated rings. The molecule has 0 aliphatic heterocycles. The second-order valence-electron chi connectivity index (χ2n) is 4.03. The summed E-state index contributed by atoms with van der Waals surface area (Å²) in [5.41, 5.74) is 0.436. The number of rotatable bonds is 7. The van der Waals surface area contributed by atoms with Gasteiger partial charge in [-0.05, 0) is 25.1 Å². The van der Waals surface area contributed by atoms with Gasteiger partial charge in [0.05, 0.1) is 18.1 Å². The first-order valence-electron chi connectivity index (χ1n) is 6.23. The summed E-state index contributed by atoms with van der Waals surface area (Å²) in [6.07, 6.45) is 2.47. The third kappa shape index (κ3) is 6.06. The van der Waals surface area contributed by atoms with E-state index >= 15 is 0 Å². The molecule has 114 valence electrons. The van der Waals surface area contributed by atoms with Gasteiger partial charge in [-0.2, -0.15) is 0 Å². The van der Waals surface area contributed by atoms with Crippen molar-refractivity contribution in [2.24, 2.45) is 0 Å². The maximum Gasteiger partial charge on any atom is 0.328 e. The van der Waals surface area contributed by atoms with Crippen LogP contribution in [0.1, 0.15) is 18.9 Å². The van der Waals surface area contributed by atoms with Gasteiger partial charge in [0.15, 0.2) is 0 Å². The molecule has 1 rings (SSSR count). The van der Waals surface area contributed by atoms with Gasteiger partial charge in [-0.15, -0.1) is 0 Å². The number of nitrogens with one attached hydrogen (secondary N) is 1. The summed E-state index contributed by atoms with van der Waals surface area (Å²) in [6, 6.07) is 3.02. The van der Waals surface area contributed by atoms with Crippen LogP contribution in [0.2, 0.25) is 10.0 Å². The van der Waals surface area contributed by atoms with E-state index in [1.807, 2.05) is 6.92 Å². The molecule has 0 heterocycles. The zero-order valence-corrected chi connectivity index (χ0v) is 12.9. The number of hydrogen-bond donors (Lipinski definition) is 2. The van der Waals surface area contributed by atoms with E-state index in [1.165, 1.54) is 18.2 Å². The van der Waals surface area contributed by atoms with Crippen molar-refractivity contribution in [2.45, 2.75) is 13.3 Å². The Morgan fingerprint density at radius 2 is 2.10 bits per heavy atom. The van der Waals surface area contributed by atoms with Gasteiger partial charge in [0.1, 0.15) is 5.75 Å². The molecule has 1 aromatic rings. The number of halogens is 2. The van der Waals surface area contributed by atoms with Crippen LogP contribution >= 0.6 is 23.2 Å². The second-order valence-corrected chi connectivity index (χ2v) is 4.87. The van der Waals surface area contributed by atoms with Gasteiger partial charge in [0.25, 0.3) is 0 Å². The van der Waals surface area contributed by atoms with Crippen LogP contribution in [-0.4, -0.2) is 30.1 Å². The molecule has 1 aromatic carbocycles. The molecule has 5 nitrogen and oxygen atoms in total. The third-order valence-corrected chi connectivity index (χ3v) is 2.89. The predicted molar refractivity (Wildman–Crippen MR) is 81.9 cm³/mol. The Bertz CT molecular complexity index is 558. The van der Waals surface area contributed by atoms with Crippen LogP contribution in [0, 0.1) is 0 Å². The van der Waals surface area contributed by atoms with Crippen LogP contribution in [0.25, 0.3) is 6.08 Å². The number of carboxylic acids is 1. The summed E-state index contributed by atoms with van der Waals surface area (Å²) in [6.45, 7) is 2.50. The number of carboxylic acid groups (broad SMARTS) is 1. The molecular formula is C14H15Cl2NO4. The number of carbonyl (C=O) groups is 2. The average Bonchev–Trinajstić information content (AvgIpc) is 2.39. The van der Waals surface area contributed by atoms with E-state index in [4.69, 9.17) is 33.0 Å². The van der Waals surface area contributed by atoms with Crippen molar-refractivity contribution in [2.75, 3.05) is 13.2 Å². The lowest BCUT2D eigenvalue weighted by atomic mass is 10.2. The predicted octanol–water partition coefficient (Wildman–Crippen LogP) is 3.00. The average molecular weight is 332 g/mol. The number of ether oxygens (including phenoxy) is 1. The molecule has 2 N–H and O–H groups in total. The van der Waals surface area contributed by atoms with E-state index in [-0.39, 0.29) is 24.0 Å². The Kier molecular flexibility index (Phi) is 7.05. The van der Waals surface area contributed by atoms with Crippen molar-refractivity contribution in [3.8, 4) is 5.75 Å². The highest BCUT2D eigenvalue weighted by Gasteiger charge is 2.10. The maximum atomic E-state index is 11.3. The largest absolute Gasteiger partial charge is 0.491 e. The second kappa shape index (κ2) is 8.54. The summed E-state index contributed by atoms with van der Waals surface area (Å²) in [4.78, 5) is 21.9. The Balaban J connectivity index is 2.84. The van der Waals surface area contributed by atoms with Crippen LogP contribution in [0.15, 0.2) is 18.2 Å². The van der Waals surface area contributed by atoms with E-state index in [0.717, 1.165) is 6.08 Å². The highest BCUT2D eigenvalue weighted by Crippen LogP contribution is 2.33. The van der Waals surface area contributed by atoms with Gasteiger partial charge in [-0.25, -0.2) is 4.79 Å². The lowest BCUT2D eigenvalue weighted by Crippen LogP contribution is -2.24. The van der Waals surface area contributed by atoms with Crippen molar-refractivity contribution < 1.29 is 19.4 Å². The Morgan fingerprint density at radius 3 is 2.71 bits per heavy atom. The van der Waals surface area contributed by atoms with Crippen molar-refractivity contribution in [1.82, 2.24) is 5.32 Å². The first-order chi connectivity index (χ1) is 9.93. The first-order valence-corrected chi connectivity index (χ1v) is 6.99. The quantitative estimate of drug-likeness (QED) is 0.753. The van der Waals surface area contributed by atoms with Crippen LogP contribution in [0.4, 0.5) is 0 Å². The Labute approximate surface area is 132 Å². The molecule has 1 amide bonds. The topological polar surface area (TPSA) is 75.6 Å². The molecule has 21 heavy (non-hydrogen) atoms. The van der Waals surface area contributed by atoms with Crippen molar-refractivity contribution >= 4 is 41.2 Å². The highest BCUT2D eigenvalue weighted by molar-refractivity contribution is 6.35. The summed E-state index contributed by atoms with van der Waals surface area (Å²) < 4.78 is 5.48. The molecule has 0 atom stereocenters. The molecule has 0 aliphatic rings. The SMILES string of the molecule is CCNC(=O)CCOc1c(Cl)cc(Cl)cc1C=CC(=O)O. The van der Waals surface area contributed by atoms with Crippen molar-refractivity contribution in [3.05, 3.63) is 33.8 Å². The Hall–Kier alpha value is -1.72. The van der Waals surface area contributed by atoms with Crippen molar-refractivity contribution in [1.29, 1.82) is 0 Å². The smallest absolute Gasteiger partial charge is 0.328 e. The fourth-order valence-electron chi connectivity index (χ4n) is 1.55. The van der Waals surface area contributed by atoms with Gasteiger partial charge >= 0.3 is 5.97 Å². The molecule has 0 bridgehead atoms. The molecule has 0 aliphatic carbocycles. The normalized spacial score (nSPS) is 10.6. The fraction of sp³-hybridized carbons (Fsp3) is 0.286. The lowest BCUT2D eigenvalue weighted by molar-refractivity contribution is -0.131. The first kappa shape index (κ1) is 17.3. The van der Waals surface area contributed by atoms with E-state index in [0.29, 0.717) is 22.9 Å². The molecule has 0 spiro atoms. The third-order valence-electron chi connectivity index (χ3n) is 2.39. The number of benzene rings is 1. The molecule has 0 radical (unpaired) electrons. The van der Waals surface area contributed by atoms with Crippen molar-refractivity contribution in [3.63, 3.8) is 0 Å². The van der Waals surface area contributed by atoms with E-state index in [2.05, 4.69) is 5.32 Å². The molecular weight excluding hydrogens is 317 g/mol. The molecule has 0 saturated heterocycles. The van der Waals surface area contributed by atoms with E-state index < -0.39 is 5.97 Å². The minimum atomic E-state index is -1.10. The zero-order chi connectivity index (χ0) is 15.8. The molecule has 7 heteroatoms. The zero-order valence-electron chi connectivity index (χ0n) is 11.4. The van der Waals surface area contributed by atoms with Gasteiger partial charge in [-0.1, -0.05) is 23.2 Å². The molecule has 0 saturated carbocycles. The summed E-state index contributed by atoms with van der Waals surface area (Å²) in [5, 5.41) is 11.9. The minimum Gasteiger partial charge on any atom is -0.491 e.